The second-order valence-electron chi connectivity index (χ2n) is 5.30. The molecular weight excluding hydrogens is 224 g/mol. The van der Waals surface area contributed by atoms with Crippen LogP contribution in [0.15, 0.2) is 18.2 Å². The summed E-state index contributed by atoms with van der Waals surface area (Å²) in [6, 6.07) is 6.96. The molecule has 1 N–H and O–H groups in total. The average Bonchev–Trinajstić information content (AvgIpc) is 2.60. The molecule has 0 fully saturated rings. The van der Waals surface area contributed by atoms with E-state index in [-0.39, 0.29) is 5.91 Å². The Balaban J connectivity index is 1.92. The molecule has 0 spiro atoms. The number of benzene rings is 1. The molecule has 0 saturated carbocycles. The van der Waals surface area contributed by atoms with Crippen molar-refractivity contribution >= 4 is 11.6 Å². The molecular formula is C15H22N2O. The third kappa shape index (κ3) is 2.91. The van der Waals surface area contributed by atoms with E-state index < -0.39 is 0 Å². The molecule has 0 aliphatic carbocycles. The van der Waals surface area contributed by atoms with Crippen LogP contribution in [0.25, 0.3) is 0 Å². The van der Waals surface area contributed by atoms with Gasteiger partial charge in [-0.1, -0.05) is 26.0 Å². The highest BCUT2D eigenvalue weighted by Gasteiger charge is 2.23. The van der Waals surface area contributed by atoms with E-state index in [1.54, 1.807) is 4.90 Å². The average molecular weight is 246 g/mol. The number of hydrogen-bond donors (Lipinski definition) is 1. The molecule has 2 rings (SSSR count). The Bertz CT molecular complexity index is 440. The fourth-order valence-corrected chi connectivity index (χ4v) is 2.36. The Morgan fingerprint density at radius 2 is 2.17 bits per heavy atom. The van der Waals surface area contributed by atoms with Crippen molar-refractivity contribution in [1.82, 2.24) is 5.32 Å². The zero-order valence-electron chi connectivity index (χ0n) is 11.5. The number of nitrogens with zero attached hydrogens (tertiary/aromatic N) is 1. The van der Waals surface area contributed by atoms with E-state index in [1.165, 1.54) is 11.1 Å². The van der Waals surface area contributed by atoms with Crippen molar-refractivity contribution in [1.29, 1.82) is 0 Å². The van der Waals surface area contributed by atoms with Crippen molar-refractivity contribution in [2.24, 2.45) is 0 Å². The number of hydrogen-bond acceptors (Lipinski definition) is 2. The number of carbonyl (C=O) groups excluding carboxylic acids is 1. The number of carbonyl (C=O) groups is 1. The lowest BCUT2D eigenvalue weighted by Crippen LogP contribution is -2.23. The Morgan fingerprint density at radius 1 is 1.39 bits per heavy atom. The maximum absolute atomic E-state index is 11.6. The SMILES string of the molecule is CC(C)NCCCc1ccc2c(c1)CC(=O)N2C. The van der Waals surface area contributed by atoms with Gasteiger partial charge in [0, 0.05) is 18.8 Å². The fraction of sp³-hybridized carbons (Fsp3) is 0.533. The van der Waals surface area contributed by atoms with Crippen LogP contribution in [0.3, 0.4) is 0 Å². The zero-order valence-corrected chi connectivity index (χ0v) is 11.5. The second kappa shape index (κ2) is 5.53. The van der Waals surface area contributed by atoms with Crippen molar-refractivity contribution in [3.05, 3.63) is 29.3 Å². The van der Waals surface area contributed by atoms with E-state index in [4.69, 9.17) is 0 Å². The molecule has 0 atom stereocenters. The quantitative estimate of drug-likeness (QED) is 0.807. The minimum Gasteiger partial charge on any atom is -0.315 e. The first-order valence-corrected chi connectivity index (χ1v) is 6.69. The van der Waals surface area contributed by atoms with E-state index in [0.29, 0.717) is 12.5 Å². The fourth-order valence-electron chi connectivity index (χ4n) is 2.36. The van der Waals surface area contributed by atoms with Gasteiger partial charge in [-0.05, 0) is 36.6 Å². The molecule has 1 aliphatic heterocycles. The summed E-state index contributed by atoms with van der Waals surface area (Å²) in [6.45, 7) is 5.38. The van der Waals surface area contributed by atoms with Gasteiger partial charge in [0.2, 0.25) is 5.91 Å². The van der Waals surface area contributed by atoms with Crippen LogP contribution in [0.4, 0.5) is 5.69 Å². The highest BCUT2D eigenvalue weighted by atomic mass is 16.2. The predicted molar refractivity (Wildman–Crippen MR) is 75.0 cm³/mol. The van der Waals surface area contributed by atoms with Crippen LogP contribution in [0.2, 0.25) is 0 Å². The first-order valence-electron chi connectivity index (χ1n) is 6.69. The van der Waals surface area contributed by atoms with Crippen LogP contribution < -0.4 is 10.2 Å². The van der Waals surface area contributed by atoms with Gasteiger partial charge in [-0.25, -0.2) is 0 Å². The van der Waals surface area contributed by atoms with Crippen LogP contribution in [-0.2, 0) is 17.6 Å². The van der Waals surface area contributed by atoms with E-state index in [9.17, 15) is 4.79 Å². The molecule has 0 bridgehead atoms. The van der Waals surface area contributed by atoms with Crippen molar-refractivity contribution in [2.75, 3.05) is 18.5 Å². The standard InChI is InChI=1S/C15H22N2O/c1-11(2)16-8-4-5-12-6-7-14-13(9-12)10-15(18)17(14)3/h6-7,9,11,16H,4-5,8,10H2,1-3H3. The largest absolute Gasteiger partial charge is 0.315 e. The zero-order chi connectivity index (χ0) is 13.1. The lowest BCUT2D eigenvalue weighted by molar-refractivity contribution is -0.117. The van der Waals surface area contributed by atoms with Crippen LogP contribution in [0.5, 0.6) is 0 Å². The van der Waals surface area contributed by atoms with Gasteiger partial charge < -0.3 is 10.2 Å². The Labute approximate surface area is 109 Å². The molecule has 98 valence electrons. The van der Waals surface area contributed by atoms with Gasteiger partial charge in [0.05, 0.1) is 6.42 Å². The van der Waals surface area contributed by atoms with Crippen LogP contribution in [0.1, 0.15) is 31.4 Å². The topological polar surface area (TPSA) is 32.3 Å². The van der Waals surface area contributed by atoms with Gasteiger partial charge >= 0.3 is 0 Å². The molecule has 1 amide bonds. The number of fused-ring (bicyclic) bond motifs is 1. The molecule has 1 aromatic rings. The van der Waals surface area contributed by atoms with Crippen molar-refractivity contribution in [3.63, 3.8) is 0 Å². The van der Waals surface area contributed by atoms with Crippen LogP contribution >= 0.6 is 0 Å². The van der Waals surface area contributed by atoms with Crippen LogP contribution in [0, 0.1) is 0 Å². The summed E-state index contributed by atoms with van der Waals surface area (Å²) in [6.07, 6.45) is 2.77. The van der Waals surface area contributed by atoms with Crippen molar-refractivity contribution in [2.45, 2.75) is 39.2 Å². The van der Waals surface area contributed by atoms with Gasteiger partial charge in [0.15, 0.2) is 0 Å². The highest BCUT2D eigenvalue weighted by Crippen LogP contribution is 2.28. The Hall–Kier alpha value is -1.35. The summed E-state index contributed by atoms with van der Waals surface area (Å²) in [7, 11) is 1.85. The lowest BCUT2D eigenvalue weighted by atomic mass is 10.0. The number of anilines is 1. The monoisotopic (exact) mass is 246 g/mol. The molecule has 3 heteroatoms. The van der Waals surface area contributed by atoms with E-state index in [2.05, 4.69) is 37.4 Å². The summed E-state index contributed by atoms with van der Waals surface area (Å²) in [5, 5.41) is 3.42. The van der Waals surface area contributed by atoms with Gasteiger partial charge in [-0.15, -0.1) is 0 Å². The minimum absolute atomic E-state index is 0.198. The Morgan fingerprint density at radius 3 is 2.89 bits per heavy atom. The van der Waals surface area contributed by atoms with Crippen molar-refractivity contribution in [3.8, 4) is 0 Å². The smallest absolute Gasteiger partial charge is 0.231 e. The Kier molecular flexibility index (Phi) is 4.02. The highest BCUT2D eigenvalue weighted by molar-refractivity contribution is 6.00. The summed E-state index contributed by atoms with van der Waals surface area (Å²) >= 11 is 0. The summed E-state index contributed by atoms with van der Waals surface area (Å²) in [4.78, 5) is 13.3. The van der Waals surface area contributed by atoms with E-state index in [1.807, 2.05) is 7.05 Å². The summed E-state index contributed by atoms with van der Waals surface area (Å²) < 4.78 is 0. The molecule has 1 aromatic carbocycles. The van der Waals surface area contributed by atoms with Gasteiger partial charge in [0.25, 0.3) is 0 Å². The summed E-state index contributed by atoms with van der Waals surface area (Å²) in [5.41, 5.74) is 3.59. The first-order chi connectivity index (χ1) is 8.58. The molecule has 0 unspecified atom stereocenters. The molecule has 3 nitrogen and oxygen atoms in total. The molecule has 0 saturated heterocycles. The number of aryl methyl sites for hydroxylation is 1. The van der Waals surface area contributed by atoms with Gasteiger partial charge in [-0.3, -0.25) is 4.79 Å². The maximum atomic E-state index is 11.6. The number of rotatable bonds is 5. The first kappa shape index (κ1) is 13.1. The predicted octanol–water partition coefficient (Wildman–Crippen LogP) is 2.14. The normalized spacial score (nSPS) is 14.4. The molecule has 0 aromatic heterocycles. The number of nitrogens with one attached hydrogen (secondary N) is 1. The van der Waals surface area contributed by atoms with E-state index in [0.717, 1.165) is 25.1 Å². The van der Waals surface area contributed by atoms with Crippen molar-refractivity contribution < 1.29 is 4.79 Å². The van der Waals surface area contributed by atoms with Gasteiger partial charge in [0.1, 0.15) is 0 Å². The van der Waals surface area contributed by atoms with Crippen LogP contribution in [-0.4, -0.2) is 25.5 Å². The summed E-state index contributed by atoms with van der Waals surface area (Å²) in [5.74, 6) is 0.198. The second-order valence-corrected chi connectivity index (χ2v) is 5.30. The number of likely N-dealkylation sites (N-methyl/N-ethyl adjacent to an activating group) is 1. The lowest BCUT2D eigenvalue weighted by Gasteiger charge is -2.11. The van der Waals surface area contributed by atoms with E-state index >= 15 is 0 Å². The molecule has 0 radical (unpaired) electrons. The maximum Gasteiger partial charge on any atom is 0.231 e. The third-order valence-corrected chi connectivity index (χ3v) is 3.42. The molecule has 18 heavy (non-hydrogen) atoms. The molecule has 1 aliphatic rings. The minimum atomic E-state index is 0.198. The van der Waals surface area contributed by atoms with Gasteiger partial charge in [-0.2, -0.15) is 0 Å². The molecule has 1 heterocycles. The third-order valence-electron chi connectivity index (χ3n) is 3.42. The number of amides is 1.